The number of hydrogen-bond acceptors (Lipinski definition) is 4. The molecule has 7 heteroatoms. The second kappa shape index (κ2) is 11.5. The molecule has 1 heterocycles. The predicted molar refractivity (Wildman–Crippen MR) is 118 cm³/mol. The first-order valence-corrected chi connectivity index (χ1v) is 10.3. The average molecular weight is 415 g/mol. The topological polar surface area (TPSA) is 58.1 Å². The number of guanidine groups is 1. The van der Waals surface area contributed by atoms with Crippen LogP contribution in [0.25, 0.3) is 0 Å². The molecular formula is C23H31FN4O2. The third-order valence-electron chi connectivity index (χ3n) is 5.27. The van der Waals surface area contributed by atoms with Crippen LogP contribution in [0.1, 0.15) is 17.2 Å². The fourth-order valence-corrected chi connectivity index (χ4v) is 3.60. The molecule has 0 aliphatic carbocycles. The van der Waals surface area contributed by atoms with Crippen LogP contribution >= 0.6 is 0 Å². The molecule has 1 saturated heterocycles. The molecule has 0 aromatic heterocycles. The van der Waals surface area contributed by atoms with Crippen molar-refractivity contribution >= 4 is 5.96 Å². The fraction of sp³-hybridized carbons (Fsp3) is 0.435. The Morgan fingerprint density at radius 1 is 1.17 bits per heavy atom. The number of methoxy groups -OCH3 is 1. The van der Waals surface area contributed by atoms with E-state index in [0.717, 1.165) is 50.0 Å². The van der Waals surface area contributed by atoms with E-state index in [1.165, 1.54) is 11.6 Å². The van der Waals surface area contributed by atoms with E-state index in [-0.39, 0.29) is 11.9 Å². The molecule has 1 atom stereocenters. The first kappa shape index (κ1) is 22.1. The Labute approximate surface area is 178 Å². The molecule has 0 bridgehead atoms. The molecule has 6 nitrogen and oxygen atoms in total. The normalized spacial score (nSPS) is 16.2. The standard InChI is InChI=1S/C23H31FN4O2/c1-25-23(26-11-10-18-4-3-5-20(24)16-18)27-17-22(28-12-14-30-15-13-28)19-6-8-21(29-2)9-7-19/h3-9,16,22H,10-15,17H2,1-2H3,(H2,25,26,27). The first-order valence-electron chi connectivity index (χ1n) is 10.3. The van der Waals surface area contributed by atoms with Gasteiger partial charge in [-0.15, -0.1) is 0 Å². The predicted octanol–water partition coefficient (Wildman–Crippen LogP) is 2.62. The second-order valence-electron chi connectivity index (χ2n) is 7.20. The smallest absolute Gasteiger partial charge is 0.191 e. The van der Waals surface area contributed by atoms with Gasteiger partial charge in [0.1, 0.15) is 11.6 Å². The summed E-state index contributed by atoms with van der Waals surface area (Å²) in [7, 11) is 3.43. The van der Waals surface area contributed by atoms with Crippen molar-refractivity contribution in [3.05, 3.63) is 65.5 Å². The van der Waals surface area contributed by atoms with Gasteiger partial charge in [0.25, 0.3) is 0 Å². The van der Waals surface area contributed by atoms with Crippen molar-refractivity contribution in [3.8, 4) is 5.75 Å². The summed E-state index contributed by atoms with van der Waals surface area (Å²) in [5, 5.41) is 6.76. The molecule has 0 spiro atoms. The lowest BCUT2D eigenvalue weighted by Crippen LogP contribution is -2.46. The Kier molecular flexibility index (Phi) is 8.47. The quantitative estimate of drug-likeness (QED) is 0.514. The molecule has 0 saturated carbocycles. The number of nitrogens with one attached hydrogen (secondary N) is 2. The fourth-order valence-electron chi connectivity index (χ4n) is 3.60. The van der Waals surface area contributed by atoms with Gasteiger partial charge >= 0.3 is 0 Å². The number of benzene rings is 2. The van der Waals surface area contributed by atoms with E-state index in [2.05, 4.69) is 32.7 Å². The van der Waals surface area contributed by atoms with Gasteiger partial charge < -0.3 is 20.1 Å². The Morgan fingerprint density at radius 3 is 2.60 bits per heavy atom. The number of nitrogens with zero attached hydrogens (tertiary/aromatic N) is 2. The zero-order valence-electron chi connectivity index (χ0n) is 17.7. The van der Waals surface area contributed by atoms with E-state index >= 15 is 0 Å². The molecule has 1 aliphatic heterocycles. The highest BCUT2D eigenvalue weighted by atomic mass is 19.1. The monoisotopic (exact) mass is 414 g/mol. The maximum absolute atomic E-state index is 13.3. The van der Waals surface area contributed by atoms with Crippen LogP contribution in [0.5, 0.6) is 5.75 Å². The van der Waals surface area contributed by atoms with E-state index in [1.54, 1.807) is 26.3 Å². The van der Waals surface area contributed by atoms with Gasteiger partial charge in [-0.05, 0) is 41.8 Å². The van der Waals surface area contributed by atoms with Crippen molar-refractivity contribution < 1.29 is 13.9 Å². The lowest BCUT2D eigenvalue weighted by atomic mass is 10.0. The third-order valence-corrected chi connectivity index (χ3v) is 5.27. The Hall–Kier alpha value is -2.64. The lowest BCUT2D eigenvalue weighted by Gasteiger charge is -2.35. The Bertz CT molecular complexity index is 807. The summed E-state index contributed by atoms with van der Waals surface area (Å²) in [6, 6.07) is 15.1. The molecule has 2 N–H and O–H groups in total. The van der Waals surface area contributed by atoms with E-state index in [4.69, 9.17) is 9.47 Å². The number of halogens is 1. The molecule has 30 heavy (non-hydrogen) atoms. The highest BCUT2D eigenvalue weighted by Crippen LogP contribution is 2.23. The van der Waals surface area contributed by atoms with Crippen LogP contribution in [-0.4, -0.2) is 64.4 Å². The first-order chi connectivity index (χ1) is 14.7. The average Bonchev–Trinajstić information content (AvgIpc) is 2.79. The summed E-state index contributed by atoms with van der Waals surface area (Å²) in [4.78, 5) is 6.76. The van der Waals surface area contributed by atoms with Crippen LogP contribution in [-0.2, 0) is 11.2 Å². The van der Waals surface area contributed by atoms with Crippen LogP contribution in [0.3, 0.4) is 0 Å². The molecule has 3 rings (SSSR count). The number of rotatable bonds is 8. The van der Waals surface area contributed by atoms with Crippen molar-refractivity contribution in [2.45, 2.75) is 12.5 Å². The van der Waals surface area contributed by atoms with Gasteiger partial charge in [-0.1, -0.05) is 24.3 Å². The van der Waals surface area contributed by atoms with Gasteiger partial charge in [-0.3, -0.25) is 9.89 Å². The molecule has 0 radical (unpaired) electrons. The molecule has 2 aromatic rings. The summed E-state index contributed by atoms with van der Waals surface area (Å²) in [6.07, 6.45) is 0.726. The Balaban J connectivity index is 1.58. The number of ether oxygens (including phenoxy) is 2. The number of aliphatic imine (C=N–C) groups is 1. The van der Waals surface area contributed by atoms with Crippen LogP contribution in [0.4, 0.5) is 4.39 Å². The molecule has 1 unspecified atom stereocenters. The maximum Gasteiger partial charge on any atom is 0.191 e. The maximum atomic E-state index is 13.3. The largest absolute Gasteiger partial charge is 0.497 e. The van der Waals surface area contributed by atoms with Crippen LogP contribution < -0.4 is 15.4 Å². The lowest BCUT2D eigenvalue weighted by molar-refractivity contribution is 0.0170. The molecule has 0 amide bonds. The summed E-state index contributed by atoms with van der Waals surface area (Å²) in [5.74, 6) is 1.38. The van der Waals surface area contributed by atoms with E-state index in [9.17, 15) is 4.39 Å². The minimum atomic E-state index is -0.206. The zero-order valence-corrected chi connectivity index (χ0v) is 17.7. The second-order valence-corrected chi connectivity index (χ2v) is 7.20. The van der Waals surface area contributed by atoms with Crippen LogP contribution in [0, 0.1) is 5.82 Å². The third kappa shape index (κ3) is 6.43. The van der Waals surface area contributed by atoms with Gasteiger partial charge in [0, 0.05) is 33.2 Å². The molecule has 2 aromatic carbocycles. The summed E-state index contributed by atoms with van der Waals surface area (Å²) >= 11 is 0. The van der Waals surface area contributed by atoms with Crippen molar-refractivity contribution in [2.75, 3.05) is 53.6 Å². The van der Waals surface area contributed by atoms with Crippen molar-refractivity contribution in [2.24, 2.45) is 4.99 Å². The zero-order chi connectivity index (χ0) is 21.2. The number of morpholine rings is 1. The molecular weight excluding hydrogens is 383 g/mol. The van der Waals surface area contributed by atoms with Crippen molar-refractivity contribution in [3.63, 3.8) is 0 Å². The summed E-state index contributed by atoms with van der Waals surface area (Å²) < 4.78 is 24.2. The number of hydrogen-bond donors (Lipinski definition) is 2. The van der Waals surface area contributed by atoms with Gasteiger partial charge in [0.05, 0.1) is 26.4 Å². The van der Waals surface area contributed by atoms with E-state index < -0.39 is 0 Å². The minimum Gasteiger partial charge on any atom is -0.497 e. The molecule has 1 fully saturated rings. The van der Waals surface area contributed by atoms with Crippen LogP contribution in [0.15, 0.2) is 53.5 Å². The van der Waals surface area contributed by atoms with Crippen LogP contribution in [0.2, 0.25) is 0 Å². The summed E-state index contributed by atoms with van der Waals surface area (Å²) in [5.41, 5.74) is 2.18. The molecule has 1 aliphatic rings. The van der Waals surface area contributed by atoms with Gasteiger partial charge in [0.15, 0.2) is 5.96 Å². The van der Waals surface area contributed by atoms with Crippen molar-refractivity contribution in [1.82, 2.24) is 15.5 Å². The highest BCUT2D eigenvalue weighted by molar-refractivity contribution is 5.79. The van der Waals surface area contributed by atoms with Gasteiger partial charge in [0.2, 0.25) is 0 Å². The van der Waals surface area contributed by atoms with E-state index in [0.29, 0.717) is 13.1 Å². The molecule has 162 valence electrons. The Morgan fingerprint density at radius 2 is 1.93 bits per heavy atom. The minimum absolute atomic E-state index is 0.196. The highest BCUT2D eigenvalue weighted by Gasteiger charge is 2.23. The van der Waals surface area contributed by atoms with Gasteiger partial charge in [-0.2, -0.15) is 0 Å². The van der Waals surface area contributed by atoms with Gasteiger partial charge in [-0.25, -0.2) is 4.39 Å². The summed E-state index contributed by atoms with van der Waals surface area (Å²) in [6.45, 7) is 4.66. The van der Waals surface area contributed by atoms with E-state index in [1.807, 2.05) is 18.2 Å². The van der Waals surface area contributed by atoms with Crippen molar-refractivity contribution in [1.29, 1.82) is 0 Å². The SMILES string of the molecule is CN=C(NCCc1cccc(F)c1)NCC(c1ccc(OC)cc1)N1CCOCC1.